The number of piperidine rings is 1. The van der Waals surface area contributed by atoms with E-state index in [1.54, 1.807) is 0 Å². The molecule has 5 heteroatoms. The van der Waals surface area contributed by atoms with Crippen LogP contribution >= 0.6 is 0 Å². The normalized spacial score (nSPS) is 19.6. The van der Waals surface area contributed by atoms with Gasteiger partial charge in [-0.2, -0.15) is 0 Å². The van der Waals surface area contributed by atoms with Crippen LogP contribution in [-0.2, 0) is 9.59 Å². The summed E-state index contributed by atoms with van der Waals surface area (Å²) in [6.45, 7) is 1.62. The summed E-state index contributed by atoms with van der Waals surface area (Å²) in [6, 6.07) is 5.37. The summed E-state index contributed by atoms with van der Waals surface area (Å²) in [6.07, 6.45) is 4.62. The van der Waals surface area contributed by atoms with Crippen molar-refractivity contribution >= 4 is 17.5 Å². The smallest absolute Gasteiger partial charge is 0.281 e. The SMILES string of the molecule is O=C1C=C(N2CCCCC2)C(=O)N1c1ccc(F)cc1. The summed E-state index contributed by atoms with van der Waals surface area (Å²) in [5.74, 6) is -1.07. The first-order valence-electron chi connectivity index (χ1n) is 6.77. The highest BCUT2D eigenvalue weighted by Gasteiger charge is 2.35. The second-order valence-electron chi connectivity index (χ2n) is 5.03. The summed E-state index contributed by atoms with van der Waals surface area (Å²) >= 11 is 0. The van der Waals surface area contributed by atoms with E-state index < -0.39 is 5.82 Å². The Balaban J connectivity index is 1.84. The Kier molecular flexibility index (Phi) is 3.26. The molecule has 0 bridgehead atoms. The maximum Gasteiger partial charge on any atom is 0.281 e. The van der Waals surface area contributed by atoms with Crippen molar-refractivity contribution < 1.29 is 14.0 Å². The van der Waals surface area contributed by atoms with E-state index in [-0.39, 0.29) is 11.8 Å². The lowest BCUT2D eigenvalue weighted by Gasteiger charge is -2.29. The van der Waals surface area contributed by atoms with E-state index in [2.05, 4.69) is 0 Å². The molecule has 0 radical (unpaired) electrons. The minimum absolute atomic E-state index is 0.316. The average molecular weight is 274 g/mol. The van der Waals surface area contributed by atoms with Crippen molar-refractivity contribution in [2.24, 2.45) is 0 Å². The first-order valence-corrected chi connectivity index (χ1v) is 6.77. The molecule has 104 valence electrons. The van der Waals surface area contributed by atoms with Crippen molar-refractivity contribution in [3.8, 4) is 0 Å². The molecular weight excluding hydrogens is 259 g/mol. The van der Waals surface area contributed by atoms with Gasteiger partial charge in [0, 0.05) is 19.2 Å². The standard InChI is InChI=1S/C15H15FN2O2/c16-11-4-6-12(7-5-11)18-14(19)10-13(15(18)20)17-8-2-1-3-9-17/h4-7,10H,1-3,8-9H2. The number of nitrogens with zero attached hydrogens (tertiary/aromatic N) is 2. The fraction of sp³-hybridized carbons (Fsp3) is 0.333. The molecular formula is C15H15FN2O2. The second-order valence-corrected chi connectivity index (χ2v) is 5.03. The quantitative estimate of drug-likeness (QED) is 0.775. The number of anilines is 1. The molecule has 0 aromatic heterocycles. The molecule has 0 atom stereocenters. The van der Waals surface area contributed by atoms with Gasteiger partial charge in [0.2, 0.25) is 0 Å². The number of rotatable bonds is 2. The van der Waals surface area contributed by atoms with Crippen molar-refractivity contribution in [2.45, 2.75) is 19.3 Å². The van der Waals surface area contributed by atoms with E-state index in [0.29, 0.717) is 11.4 Å². The Morgan fingerprint density at radius 1 is 0.950 bits per heavy atom. The van der Waals surface area contributed by atoms with Gasteiger partial charge >= 0.3 is 0 Å². The number of halogens is 1. The fourth-order valence-electron chi connectivity index (χ4n) is 2.65. The molecule has 0 unspecified atom stereocenters. The number of carbonyl (C=O) groups is 2. The van der Waals surface area contributed by atoms with E-state index in [1.807, 2.05) is 4.90 Å². The summed E-state index contributed by atoms with van der Waals surface area (Å²) < 4.78 is 12.9. The molecule has 2 aliphatic heterocycles. The first-order chi connectivity index (χ1) is 9.66. The van der Waals surface area contributed by atoms with Crippen molar-refractivity contribution in [1.82, 2.24) is 4.90 Å². The number of hydrogen-bond donors (Lipinski definition) is 0. The summed E-state index contributed by atoms with van der Waals surface area (Å²) in [4.78, 5) is 27.5. The molecule has 0 spiro atoms. The zero-order valence-corrected chi connectivity index (χ0v) is 11.0. The van der Waals surface area contributed by atoms with Gasteiger partial charge < -0.3 is 4.90 Å². The van der Waals surface area contributed by atoms with Crippen LogP contribution in [0.2, 0.25) is 0 Å². The maximum atomic E-state index is 12.9. The Labute approximate surface area is 116 Å². The van der Waals surface area contributed by atoms with Crippen LogP contribution in [0.3, 0.4) is 0 Å². The highest BCUT2D eigenvalue weighted by atomic mass is 19.1. The predicted molar refractivity (Wildman–Crippen MR) is 72.4 cm³/mol. The molecule has 0 aliphatic carbocycles. The molecule has 3 rings (SSSR count). The van der Waals surface area contributed by atoms with E-state index >= 15 is 0 Å². The third kappa shape index (κ3) is 2.19. The van der Waals surface area contributed by atoms with Gasteiger partial charge in [-0.15, -0.1) is 0 Å². The maximum absolute atomic E-state index is 12.9. The van der Waals surface area contributed by atoms with Crippen molar-refractivity contribution in [3.63, 3.8) is 0 Å². The van der Waals surface area contributed by atoms with E-state index in [0.717, 1.165) is 37.3 Å². The van der Waals surface area contributed by atoms with Crippen LogP contribution in [0, 0.1) is 5.82 Å². The van der Waals surface area contributed by atoms with Crippen LogP contribution < -0.4 is 4.90 Å². The average Bonchev–Trinajstić information content (AvgIpc) is 2.76. The Morgan fingerprint density at radius 2 is 1.60 bits per heavy atom. The summed E-state index contributed by atoms with van der Waals surface area (Å²) in [5.41, 5.74) is 0.865. The molecule has 4 nitrogen and oxygen atoms in total. The summed E-state index contributed by atoms with van der Waals surface area (Å²) in [5, 5.41) is 0. The molecule has 2 heterocycles. The van der Waals surface area contributed by atoms with Gasteiger partial charge in [-0.05, 0) is 43.5 Å². The molecule has 2 aliphatic rings. The Bertz CT molecular complexity index is 574. The Hall–Kier alpha value is -2.17. The second kappa shape index (κ2) is 5.07. The minimum Gasteiger partial charge on any atom is -0.367 e. The van der Waals surface area contributed by atoms with Crippen LogP contribution in [-0.4, -0.2) is 29.8 Å². The third-order valence-corrected chi connectivity index (χ3v) is 3.68. The predicted octanol–water partition coefficient (Wildman–Crippen LogP) is 2.07. The number of imide groups is 1. The van der Waals surface area contributed by atoms with Crippen LogP contribution in [0.4, 0.5) is 10.1 Å². The molecule has 1 fully saturated rings. The molecule has 20 heavy (non-hydrogen) atoms. The first kappa shape index (κ1) is 12.8. The highest BCUT2D eigenvalue weighted by molar-refractivity contribution is 6.30. The van der Waals surface area contributed by atoms with Crippen LogP contribution in [0.25, 0.3) is 0 Å². The number of benzene rings is 1. The largest absolute Gasteiger partial charge is 0.367 e. The minimum atomic E-state index is -0.392. The molecule has 1 aromatic rings. The van der Waals surface area contributed by atoms with Gasteiger partial charge in [0.15, 0.2) is 0 Å². The van der Waals surface area contributed by atoms with E-state index in [1.165, 1.54) is 30.3 Å². The lowest BCUT2D eigenvalue weighted by Crippen LogP contribution is -2.37. The molecule has 0 saturated carbocycles. The van der Waals surface area contributed by atoms with Gasteiger partial charge in [0.1, 0.15) is 11.5 Å². The lowest BCUT2D eigenvalue weighted by atomic mass is 10.1. The van der Waals surface area contributed by atoms with Crippen molar-refractivity contribution in [1.29, 1.82) is 0 Å². The zero-order valence-electron chi connectivity index (χ0n) is 11.0. The van der Waals surface area contributed by atoms with Gasteiger partial charge in [-0.3, -0.25) is 9.59 Å². The van der Waals surface area contributed by atoms with Crippen LogP contribution in [0.15, 0.2) is 36.0 Å². The molecule has 0 N–H and O–H groups in total. The molecule has 1 aromatic carbocycles. The number of hydrogen-bond acceptors (Lipinski definition) is 3. The van der Waals surface area contributed by atoms with Crippen LogP contribution in [0.5, 0.6) is 0 Å². The van der Waals surface area contributed by atoms with Gasteiger partial charge in [-0.25, -0.2) is 9.29 Å². The van der Waals surface area contributed by atoms with E-state index in [9.17, 15) is 14.0 Å². The topological polar surface area (TPSA) is 40.6 Å². The lowest BCUT2D eigenvalue weighted by molar-refractivity contribution is -0.121. The molecule has 2 amide bonds. The number of likely N-dealkylation sites (tertiary alicyclic amines) is 1. The van der Waals surface area contributed by atoms with Crippen molar-refractivity contribution in [2.75, 3.05) is 18.0 Å². The number of carbonyl (C=O) groups excluding carboxylic acids is 2. The van der Waals surface area contributed by atoms with Crippen LogP contribution in [0.1, 0.15) is 19.3 Å². The molecule has 1 saturated heterocycles. The van der Waals surface area contributed by atoms with Gasteiger partial charge in [0.25, 0.3) is 11.8 Å². The zero-order chi connectivity index (χ0) is 14.1. The van der Waals surface area contributed by atoms with Crippen molar-refractivity contribution in [3.05, 3.63) is 41.9 Å². The monoisotopic (exact) mass is 274 g/mol. The van der Waals surface area contributed by atoms with Gasteiger partial charge in [0.05, 0.1) is 5.69 Å². The highest BCUT2D eigenvalue weighted by Crippen LogP contribution is 2.26. The number of amides is 2. The fourth-order valence-corrected chi connectivity index (χ4v) is 2.65. The Morgan fingerprint density at radius 3 is 2.25 bits per heavy atom. The summed E-state index contributed by atoms with van der Waals surface area (Å²) in [7, 11) is 0. The third-order valence-electron chi connectivity index (χ3n) is 3.68. The van der Waals surface area contributed by atoms with Gasteiger partial charge in [-0.1, -0.05) is 0 Å². The van der Waals surface area contributed by atoms with E-state index in [4.69, 9.17) is 0 Å².